The highest BCUT2D eigenvalue weighted by Crippen LogP contribution is 2.18. The Bertz CT molecular complexity index is 153. The van der Waals surface area contributed by atoms with Crippen LogP contribution in [-0.2, 0) is 9.47 Å². The van der Waals surface area contributed by atoms with Gasteiger partial charge in [-0.3, -0.25) is 4.90 Å². The van der Waals surface area contributed by atoms with Gasteiger partial charge in [0.25, 0.3) is 0 Å². The first kappa shape index (κ1) is 12.9. The Morgan fingerprint density at radius 3 is 2.67 bits per heavy atom. The highest BCUT2D eigenvalue weighted by Gasteiger charge is 2.21. The van der Waals surface area contributed by atoms with E-state index < -0.39 is 0 Å². The van der Waals surface area contributed by atoms with Crippen molar-refractivity contribution in [2.75, 3.05) is 39.5 Å². The highest BCUT2D eigenvalue weighted by molar-refractivity contribution is 4.77. The third-order valence-corrected chi connectivity index (χ3v) is 3.07. The predicted octanol–water partition coefficient (Wildman–Crippen LogP) is 1.91. The van der Waals surface area contributed by atoms with Gasteiger partial charge in [-0.15, -0.1) is 0 Å². The molecule has 3 heteroatoms. The molecule has 1 saturated heterocycles. The second-order valence-electron chi connectivity index (χ2n) is 4.05. The number of hydrogen-bond donors (Lipinski definition) is 0. The van der Waals surface area contributed by atoms with E-state index in [0.29, 0.717) is 0 Å². The zero-order valence-corrected chi connectivity index (χ0v) is 10.2. The molecule has 0 spiro atoms. The molecular formula is C12H25NO2. The van der Waals surface area contributed by atoms with Gasteiger partial charge in [-0.1, -0.05) is 6.92 Å². The van der Waals surface area contributed by atoms with Crippen molar-refractivity contribution >= 4 is 0 Å². The molecule has 3 nitrogen and oxygen atoms in total. The summed E-state index contributed by atoms with van der Waals surface area (Å²) in [5, 5.41) is 0. The minimum atomic E-state index is 0.730. The zero-order valence-electron chi connectivity index (χ0n) is 10.2. The van der Waals surface area contributed by atoms with E-state index in [9.17, 15) is 0 Å². The monoisotopic (exact) mass is 215 g/mol. The van der Waals surface area contributed by atoms with Crippen LogP contribution in [0.15, 0.2) is 0 Å². The van der Waals surface area contributed by atoms with Crippen LogP contribution in [-0.4, -0.2) is 50.5 Å². The molecular weight excluding hydrogens is 190 g/mol. The summed E-state index contributed by atoms with van der Waals surface area (Å²) in [6.07, 6.45) is 4.01. The van der Waals surface area contributed by atoms with E-state index in [4.69, 9.17) is 9.47 Å². The number of rotatable bonds is 8. The maximum atomic E-state index is 5.52. The van der Waals surface area contributed by atoms with Gasteiger partial charge >= 0.3 is 0 Å². The minimum absolute atomic E-state index is 0.730. The fraction of sp³-hybridized carbons (Fsp3) is 1.00. The molecule has 0 unspecified atom stereocenters. The van der Waals surface area contributed by atoms with Gasteiger partial charge in [0, 0.05) is 19.2 Å². The van der Waals surface area contributed by atoms with E-state index in [2.05, 4.69) is 11.8 Å². The van der Waals surface area contributed by atoms with Crippen molar-refractivity contribution < 1.29 is 9.47 Å². The molecule has 0 amide bonds. The van der Waals surface area contributed by atoms with Crippen LogP contribution in [0.2, 0.25) is 0 Å². The van der Waals surface area contributed by atoms with E-state index in [1.165, 1.54) is 25.8 Å². The molecule has 1 heterocycles. The van der Waals surface area contributed by atoms with Crippen molar-refractivity contribution in [2.45, 2.75) is 39.2 Å². The smallest absolute Gasteiger partial charge is 0.0701 e. The molecule has 1 fully saturated rings. The molecule has 0 radical (unpaired) electrons. The molecule has 0 bridgehead atoms. The summed E-state index contributed by atoms with van der Waals surface area (Å²) in [7, 11) is 0. The van der Waals surface area contributed by atoms with Crippen molar-refractivity contribution in [3.05, 3.63) is 0 Å². The molecule has 1 rings (SSSR count). The van der Waals surface area contributed by atoms with Gasteiger partial charge in [0.15, 0.2) is 0 Å². The summed E-state index contributed by atoms with van der Waals surface area (Å²) in [4.78, 5) is 2.56. The molecule has 1 aliphatic rings. The second kappa shape index (κ2) is 8.08. The molecule has 0 aliphatic carbocycles. The van der Waals surface area contributed by atoms with Gasteiger partial charge in [0.1, 0.15) is 0 Å². The quantitative estimate of drug-likeness (QED) is 0.577. The van der Waals surface area contributed by atoms with Crippen LogP contribution in [0.5, 0.6) is 0 Å². The van der Waals surface area contributed by atoms with Crippen LogP contribution >= 0.6 is 0 Å². The van der Waals surface area contributed by atoms with E-state index in [1.807, 2.05) is 6.92 Å². The summed E-state index contributed by atoms with van der Waals surface area (Å²) in [6.45, 7) is 9.73. The summed E-state index contributed by atoms with van der Waals surface area (Å²) in [6, 6.07) is 0.806. The van der Waals surface area contributed by atoms with Crippen molar-refractivity contribution in [3.8, 4) is 0 Å². The van der Waals surface area contributed by atoms with Gasteiger partial charge < -0.3 is 9.47 Å². The van der Waals surface area contributed by atoms with Crippen LogP contribution in [0.4, 0.5) is 0 Å². The summed E-state index contributed by atoms with van der Waals surface area (Å²) < 4.78 is 10.7. The van der Waals surface area contributed by atoms with Crippen molar-refractivity contribution in [3.63, 3.8) is 0 Å². The largest absolute Gasteiger partial charge is 0.379 e. The van der Waals surface area contributed by atoms with Crippen molar-refractivity contribution in [2.24, 2.45) is 0 Å². The Hall–Kier alpha value is -0.120. The van der Waals surface area contributed by atoms with E-state index in [1.54, 1.807) is 0 Å². The minimum Gasteiger partial charge on any atom is -0.379 e. The molecule has 0 aromatic heterocycles. The molecule has 0 saturated carbocycles. The first-order chi connectivity index (χ1) is 7.38. The maximum Gasteiger partial charge on any atom is 0.0701 e. The Balaban J connectivity index is 1.95. The van der Waals surface area contributed by atoms with E-state index in [0.717, 1.165) is 39.0 Å². The Morgan fingerprint density at radius 1 is 1.13 bits per heavy atom. The lowest BCUT2D eigenvalue weighted by molar-refractivity contribution is 0.0412. The van der Waals surface area contributed by atoms with Gasteiger partial charge in [0.2, 0.25) is 0 Å². The predicted molar refractivity (Wildman–Crippen MR) is 62.2 cm³/mol. The zero-order chi connectivity index (χ0) is 10.9. The van der Waals surface area contributed by atoms with Crippen LogP contribution in [0.3, 0.4) is 0 Å². The Labute approximate surface area is 93.7 Å². The first-order valence-electron chi connectivity index (χ1n) is 6.28. The maximum absolute atomic E-state index is 5.52. The molecule has 0 N–H and O–H groups in total. The average Bonchev–Trinajstić information content (AvgIpc) is 2.70. The third kappa shape index (κ3) is 4.96. The fourth-order valence-electron chi connectivity index (χ4n) is 2.20. The Morgan fingerprint density at radius 2 is 1.93 bits per heavy atom. The van der Waals surface area contributed by atoms with Crippen LogP contribution < -0.4 is 0 Å². The molecule has 0 aromatic carbocycles. The SMILES string of the molecule is CCOCCOCCN1CCC[C@H]1CC. The van der Waals surface area contributed by atoms with Gasteiger partial charge in [-0.05, 0) is 32.7 Å². The summed E-state index contributed by atoms with van der Waals surface area (Å²) in [5.74, 6) is 0. The van der Waals surface area contributed by atoms with Gasteiger partial charge in [-0.2, -0.15) is 0 Å². The lowest BCUT2D eigenvalue weighted by atomic mass is 10.2. The van der Waals surface area contributed by atoms with E-state index in [-0.39, 0.29) is 0 Å². The summed E-state index contributed by atoms with van der Waals surface area (Å²) >= 11 is 0. The number of ether oxygens (including phenoxy) is 2. The molecule has 15 heavy (non-hydrogen) atoms. The highest BCUT2D eigenvalue weighted by atomic mass is 16.5. The van der Waals surface area contributed by atoms with Gasteiger partial charge in [-0.25, -0.2) is 0 Å². The second-order valence-corrected chi connectivity index (χ2v) is 4.05. The topological polar surface area (TPSA) is 21.7 Å². The molecule has 0 aromatic rings. The first-order valence-corrected chi connectivity index (χ1v) is 6.28. The van der Waals surface area contributed by atoms with Crippen molar-refractivity contribution in [1.29, 1.82) is 0 Å². The van der Waals surface area contributed by atoms with Crippen LogP contribution in [0.25, 0.3) is 0 Å². The molecule has 90 valence electrons. The number of hydrogen-bond acceptors (Lipinski definition) is 3. The lowest BCUT2D eigenvalue weighted by Gasteiger charge is -2.22. The fourth-order valence-corrected chi connectivity index (χ4v) is 2.20. The lowest BCUT2D eigenvalue weighted by Crippen LogP contribution is -2.32. The van der Waals surface area contributed by atoms with E-state index >= 15 is 0 Å². The average molecular weight is 215 g/mol. The Kier molecular flexibility index (Phi) is 6.98. The van der Waals surface area contributed by atoms with Crippen LogP contribution in [0.1, 0.15) is 33.1 Å². The van der Waals surface area contributed by atoms with Gasteiger partial charge in [0.05, 0.1) is 19.8 Å². The number of likely N-dealkylation sites (tertiary alicyclic amines) is 1. The van der Waals surface area contributed by atoms with Crippen molar-refractivity contribution in [1.82, 2.24) is 4.90 Å². The third-order valence-electron chi connectivity index (χ3n) is 3.07. The molecule has 1 aliphatic heterocycles. The normalized spacial score (nSPS) is 22.4. The van der Waals surface area contributed by atoms with Crippen LogP contribution in [0, 0.1) is 0 Å². The standard InChI is InChI=1S/C12H25NO2/c1-3-12-6-5-7-13(12)8-9-15-11-10-14-4-2/h12H,3-11H2,1-2H3/t12-/m1/s1. The number of nitrogens with zero attached hydrogens (tertiary/aromatic N) is 1. The molecule has 1 atom stereocenters. The summed E-state index contributed by atoms with van der Waals surface area (Å²) in [5.41, 5.74) is 0.